The molecular weight excluding hydrogens is 160 g/mol. The molecule has 0 aromatic carbocycles. The summed E-state index contributed by atoms with van der Waals surface area (Å²) < 4.78 is 0. The van der Waals surface area contributed by atoms with Crippen LogP contribution in [0.25, 0.3) is 0 Å². The van der Waals surface area contributed by atoms with Crippen LogP contribution in [0.2, 0.25) is 0 Å². The molecule has 0 amide bonds. The van der Waals surface area contributed by atoms with E-state index in [1.807, 2.05) is 0 Å². The van der Waals surface area contributed by atoms with Gasteiger partial charge in [-0.2, -0.15) is 0 Å². The third-order valence-electron chi connectivity index (χ3n) is 4.42. The highest BCUT2D eigenvalue weighted by molar-refractivity contribution is 4.97. The quantitative estimate of drug-likeness (QED) is 0.649. The summed E-state index contributed by atoms with van der Waals surface area (Å²) in [5.41, 5.74) is 0. The average Bonchev–Trinajstić information content (AvgIpc) is 2.43. The molecule has 1 heterocycles. The van der Waals surface area contributed by atoms with Gasteiger partial charge in [0.05, 0.1) is 0 Å². The van der Waals surface area contributed by atoms with E-state index < -0.39 is 0 Å². The molecule has 0 aromatic heterocycles. The molecule has 2 heteroatoms. The SMILES string of the molecule is C1CN(C2CCC3CCC32)CCN1. The highest BCUT2D eigenvalue weighted by Gasteiger charge is 2.44. The van der Waals surface area contributed by atoms with E-state index in [1.54, 1.807) is 0 Å². The molecule has 0 radical (unpaired) electrons. The molecule has 2 nitrogen and oxygen atoms in total. The molecule has 3 rings (SSSR count). The van der Waals surface area contributed by atoms with Crippen molar-refractivity contribution in [2.24, 2.45) is 11.8 Å². The predicted octanol–water partition coefficient (Wildman–Crippen LogP) is 1.08. The highest BCUT2D eigenvalue weighted by atomic mass is 15.2. The zero-order valence-electron chi connectivity index (χ0n) is 8.34. The lowest BCUT2D eigenvalue weighted by Gasteiger charge is -2.41. The monoisotopic (exact) mass is 180 g/mol. The van der Waals surface area contributed by atoms with Crippen LogP contribution in [0.4, 0.5) is 0 Å². The van der Waals surface area contributed by atoms with Crippen molar-refractivity contribution < 1.29 is 0 Å². The van der Waals surface area contributed by atoms with Crippen molar-refractivity contribution in [1.82, 2.24) is 10.2 Å². The van der Waals surface area contributed by atoms with E-state index in [2.05, 4.69) is 10.2 Å². The van der Waals surface area contributed by atoms with Gasteiger partial charge in [0.1, 0.15) is 0 Å². The first-order chi connectivity index (χ1) is 6.45. The van der Waals surface area contributed by atoms with E-state index in [4.69, 9.17) is 0 Å². The fraction of sp³-hybridized carbons (Fsp3) is 1.00. The van der Waals surface area contributed by atoms with Gasteiger partial charge in [0.2, 0.25) is 0 Å². The van der Waals surface area contributed by atoms with Crippen LogP contribution < -0.4 is 5.32 Å². The van der Waals surface area contributed by atoms with Crippen LogP contribution in [0.5, 0.6) is 0 Å². The van der Waals surface area contributed by atoms with Crippen LogP contribution in [0.15, 0.2) is 0 Å². The summed E-state index contributed by atoms with van der Waals surface area (Å²) in [5, 5.41) is 3.44. The van der Waals surface area contributed by atoms with Crippen LogP contribution in [-0.2, 0) is 0 Å². The van der Waals surface area contributed by atoms with Crippen LogP contribution >= 0.6 is 0 Å². The minimum Gasteiger partial charge on any atom is -0.314 e. The number of fused-ring (bicyclic) bond motifs is 1. The molecule has 0 bridgehead atoms. The molecule has 3 fully saturated rings. The topological polar surface area (TPSA) is 15.3 Å². The van der Waals surface area contributed by atoms with E-state index >= 15 is 0 Å². The summed E-state index contributed by atoms with van der Waals surface area (Å²) >= 11 is 0. The van der Waals surface area contributed by atoms with Gasteiger partial charge in [-0.1, -0.05) is 0 Å². The summed E-state index contributed by atoms with van der Waals surface area (Å²) in [6.07, 6.45) is 6.08. The Balaban J connectivity index is 1.64. The minimum atomic E-state index is 0.973. The van der Waals surface area contributed by atoms with E-state index in [9.17, 15) is 0 Å². The zero-order chi connectivity index (χ0) is 8.67. The number of hydrogen-bond donors (Lipinski definition) is 1. The van der Waals surface area contributed by atoms with Crippen LogP contribution in [0.3, 0.4) is 0 Å². The third kappa shape index (κ3) is 1.31. The Hall–Kier alpha value is -0.0800. The Morgan fingerprint density at radius 1 is 0.923 bits per heavy atom. The van der Waals surface area contributed by atoms with Gasteiger partial charge in [-0.25, -0.2) is 0 Å². The number of piperazine rings is 1. The second kappa shape index (κ2) is 3.25. The second-order valence-electron chi connectivity index (χ2n) is 4.93. The molecule has 0 spiro atoms. The van der Waals surface area contributed by atoms with Crippen LogP contribution in [0.1, 0.15) is 25.7 Å². The second-order valence-corrected chi connectivity index (χ2v) is 4.93. The fourth-order valence-electron chi connectivity index (χ4n) is 3.53. The maximum atomic E-state index is 3.44. The summed E-state index contributed by atoms with van der Waals surface area (Å²) in [6.45, 7) is 5.03. The molecule has 3 atom stereocenters. The number of hydrogen-bond acceptors (Lipinski definition) is 2. The van der Waals surface area contributed by atoms with Crippen molar-refractivity contribution in [1.29, 1.82) is 0 Å². The molecule has 3 aliphatic rings. The van der Waals surface area contributed by atoms with Crippen molar-refractivity contribution in [3.8, 4) is 0 Å². The minimum absolute atomic E-state index is 0.973. The van der Waals surface area contributed by atoms with Crippen LogP contribution in [0, 0.1) is 11.8 Å². The van der Waals surface area contributed by atoms with E-state index in [1.165, 1.54) is 51.9 Å². The van der Waals surface area contributed by atoms with Gasteiger partial charge >= 0.3 is 0 Å². The maximum Gasteiger partial charge on any atom is 0.0127 e. The van der Waals surface area contributed by atoms with Gasteiger partial charge in [0.25, 0.3) is 0 Å². The van der Waals surface area contributed by atoms with Gasteiger partial charge in [-0.3, -0.25) is 4.90 Å². The molecule has 13 heavy (non-hydrogen) atoms. The molecule has 1 aliphatic heterocycles. The highest BCUT2D eigenvalue weighted by Crippen LogP contribution is 2.48. The number of nitrogens with zero attached hydrogens (tertiary/aromatic N) is 1. The van der Waals surface area contributed by atoms with Crippen LogP contribution in [-0.4, -0.2) is 37.1 Å². The van der Waals surface area contributed by atoms with Crippen molar-refractivity contribution in [3.05, 3.63) is 0 Å². The first-order valence-electron chi connectivity index (χ1n) is 5.90. The van der Waals surface area contributed by atoms with E-state index in [0.29, 0.717) is 0 Å². The van der Waals surface area contributed by atoms with Gasteiger partial charge in [-0.15, -0.1) is 0 Å². The fourth-order valence-corrected chi connectivity index (χ4v) is 3.53. The number of nitrogens with one attached hydrogen (secondary N) is 1. The van der Waals surface area contributed by atoms with Crippen molar-refractivity contribution in [2.75, 3.05) is 26.2 Å². The maximum absolute atomic E-state index is 3.44. The molecule has 2 aliphatic carbocycles. The summed E-state index contributed by atoms with van der Waals surface area (Å²) in [5.74, 6) is 2.22. The third-order valence-corrected chi connectivity index (χ3v) is 4.42. The van der Waals surface area contributed by atoms with Crippen molar-refractivity contribution in [2.45, 2.75) is 31.7 Å². The molecule has 0 aromatic rings. The first-order valence-corrected chi connectivity index (χ1v) is 5.90. The van der Waals surface area contributed by atoms with Gasteiger partial charge in [-0.05, 0) is 37.5 Å². The first kappa shape index (κ1) is 8.25. The lowest BCUT2D eigenvalue weighted by Crippen LogP contribution is -2.51. The van der Waals surface area contributed by atoms with Gasteiger partial charge in [0, 0.05) is 32.2 Å². The zero-order valence-corrected chi connectivity index (χ0v) is 8.34. The lowest BCUT2D eigenvalue weighted by atomic mass is 9.74. The molecular formula is C11H20N2. The van der Waals surface area contributed by atoms with Crippen molar-refractivity contribution in [3.63, 3.8) is 0 Å². The Kier molecular flexibility index (Phi) is 2.06. The summed E-state index contributed by atoms with van der Waals surface area (Å²) in [4.78, 5) is 2.75. The Morgan fingerprint density at radius 2 is 1.69 bits per heavy atom. The molecule has 74 valence electrons. The van der Waals surface area contributed by atoms with Gasteiger partial charge < -0.3 is 5.32 Å². The Morgan fingerprint density at radius 3 is 2.31 bits per heavy atom. The summed E-state index contributed by atoms with van der Waals surface area (Å²) in [7, 11) is 0. The van der Waals surface area contributed by atoms with Crippen molar-refractivity contribution >= 4 is 0 Å². The largest absolute Gasteiger partial charge is 0.314 e. The standard InChI is InChI=1S/C11H20N2/c1-3-10-9(1)2-4-11(10)13-7-5-12-6-8-13/h9-12H,1-8H2. The van der Waals surface area contributed by atoms with E-state index in [-0.39, 0.29) is 0 Å². The predicted molar refractivity (Wildman–Crippen MR) is 53.7 cm³/mol. The lowest BCUT2D eigenvalue weighted by molar-refractivity contribution is 0.0853. The average molecular weight is 180 g/mol. The molecule has 3 unspecified atom stereocenters. The normalized spacial score (nSPS) is 45.7. The smallest absolute Gasteiger partial charge is 0.0127 e. The number of rotatable bonds is 1. The van der Waals surface area contributed by atoms with Gasteiger partial charge in [0.15, 0.2) is 0 Å². The Bertz CT molecular complexity index is 187. The molecule has 1 N–H and O–H groups in total. The molecule has 1 saturated heterocycles. The molecule has 2 saturated carbocycles. The van der Waals surface area contributed by atoms with E-state index in [0.717, 1.165) is 17.9 Å². The Labute approximate surface area is 80.7 Å². The summed E-state index contributed by atoms with van der Waals surface area (Å²) in [6, 6.07) is 0.973.